The molecular weight excluding hydrogens is 239 g/mol. The van der Waals surface area contributed by atoms with E-state index in [2.05, 4.69) is 4.98 Å². The molecule has 4 nitrogen and oxygen atoms in total. The summed E-state index contributed by atoms with van der Waals surface area (Å²) in [6.45, 7) is 0.229. The number of hydrogen-bond donors (Lipinski definition) is 1. The number of carbonyl (C=O) groups is 1. The number of β-amino-alcohol motifs (C(OH)–C–C–N with tert-alkyl or cyclic N) is 1. The molecule has 1 aliphatic rings. The third-order valence-corrected chi connectivity index (χ3v) is 2.63. The van der Waals surface area contributed by atoms with Gasteiger partial charge in [0.05, 0.1) is 29.1 Å². The summed E-state index contributed by atoms with van der Waals surface area (Å²) in [5, 5.41) is 10.0. The van der Waals surface area contributed by atoms with Crippen molar-refractivity contribution in [2.75, 3.05) is 11.4 Å². The van der Waals surface area contributed by atoms with Gasteiger partial charge in [0.15, 0.2) is 5.82 Å². The molecule has 1 aromatic rings. The Hall–Kier alpha value is -0.840. The molecule has 1 unspecified atom stereocenters. The van der Waals surface area contributed by atoms with Gasteiger partial charge in [0.1, 0.15) is 0 Å². The first-order valence-corrected chi connectivity index (χ1v) is 5.13. The summed E-state index contributed by atoms with van der Waals surface area (Å²) in [7, 11) is 0. The number of aliphatic hydroxyl groups is 1. The number of amides is 1. The van der Waals surface area contributed by atoms with Gasteiger partial charge in [0.2, 0.25) is 5.91 Å². The number of rotatable bonds is 1. The molecule has 2 rings (SSSR count). The quantitative estimate of drug-likeness (QED) is 0.817. The van der Waals surface area contributed by atoms with Gasteiger partial charge in [-0.15, -0.1) is 0 Å². The average molecular weight is 247 g/mol. The maximum absolute atomic E-state index is 11.5. The summed E-state index contributed by atoms with van der Waals surface area (Å²) in [6.07, 6.45) is 0.882. The second-order valence-corrected chi connectivity index (χ2v) is 4.16. The van der Waals surface area contributed by atoms with Crippen molar-refractivity contribution in [1.82, 2.24) is 4.98 Å². The molecule has 80 valence electrons. The molecule has 1 aromatic heterocycles. The largest absolute Gasteiger partial charge is 0.391 e. The predicted octanol–water partition coefficient (Wildman–Crippen LogP) is 1.49. The SMILES string of the molecule is O=C1CC(O)CN1c1ncc(Cl)cc1Cl. The molecular formula is C9H8Cl2N2O2. The second-order valence-electron chi connectivity index (χ2n) is 3.32. The van der Waals surface area contributed by atoms with E-state index in [9.17, 15) is 9.90 Å². The first-order chi connectivity index (χ1) is 7.08. The van der Waals surface area contributed by atoms with Crippen LogP contribution in [0.2, 0.25) is 10.0 Å². The van der Waals surface area contributed by atoms with E-state index in [0.29, 0.717) is 15.9 Å². The molecule has 15 heavy (non-hydrogen) atoms. The van der Waals surface area contributed by atoms with Crippen molar-refractivity contribution in [3.8, 4) is 0 Å². The standard InChI is InChI=1S/C9H8Cl2N2O2/c10-5-1-7(11)9(12-3-5)13-4-6(14)2-8(13)15/h1,3,6,14H,2,4H2. The molecule has 6 heteroatoms. The predicted molar refractivity (Wildman–Crippen MR) is 57.2 cm³/mol. The van der Waals surface area contributed by atoms with Crippen LogP contribution in [0.3, 0.4) is 0 Å². The lowest BCUT2D eigenvalue weighted by molar-refractivity contribution is -0.117. The zero-order valence-corrected chi connectivity index (χ0v) is 9.16. The Labute approximate surface area is 96.4 Å². The topological polar surface area (TPSA) is 53.4 Å². The van der Waals surface area contributed by atoms with Crippen LogP contribution in [0.5, 0.6) is 0 Å². The van der Waals surface area contributed by atoms with E-state index in [1.54, 1.807) is 0 Å². The van der Waals surface area contributed by atoms with Gasteiger partial charge in [-0.3, -0.25) is 9.69 Å². The van der Waals surface area contributed by atoms with Crippen molar-refractivity contribution in [2.45, 2.75) is 12.5 Å². The van der Waals surface area contributed by atoms with E-state index >= 15 is 0 Å². The minimum atomic E-state index is -0.647. The molecule has 1 saturated heterocycles. The highest BCUT2D eigenvalue weighted by molar-refractivity contribution is 6.36. The molecule has 1 atom stereocenters. The van der Waals surface area contributed by atoms with Gasteiger partial charge >= 0.3 is 0 Å². The Morgan fingerprint density at radius 1 is 1.53 bits per heavy atom. The molecule has 0 aliphatic carbocycles. The van der Waals surface area contributed by atoms with E-state index in [0.717, 1.165) is 0 Å². The molecule has 0 radical (unpaired) electrons. The summed E-state index contributed by atoms with van der Waals surface area (Å²) in [5.41, 5.74) is 0. The van der Waals surface area contributed by atoms with Crippen molar-refractivity contribution < 1.29 is 9.90 Å². The number of nitrogens with zero attached hydrogens (tertiary/aromatic N) is 2. The number of anilines is 1. The molecule has 0 aromatic carbocycles. The first kappa shape index (κ1) is 10.7. The number of pyridine rings is 1. The fourth-order valence-corrected chi connectivity index (χ4v) is 1.98. The van der Waals surface area contributed by atoms with Gasteiger partial charge in [-0.05, 0) is 6.07 Å². The number of halogens is 2. The van der Waals surface area contributed by atoms with Crippen LogP contribution in [0.15, 0.2) is 12.3 Å². The maximum Gasteiger partial charge on any atom is 0.230 e. The fraction of sp³-hybridized carbons (Fsp3) is 0.333. The number of hydrogen-bond acceptors (Lipinski definition) is 3. The monoisotopic (exact) mass is 246 g/mol. The summed E-state index contributed by atoms with van der Waals surface area (Å²) in [4.78, 5) is 16.8. The summed E-state index contributed by atoms with van der Waals surface area (Å²) in [6, 6.07) is 1.52. The Morgan fingerprint density at radius 2 is 2.27 bits per heavy atom. The van der Waals surface area contributed by atoms with Crippen LogP contribution in [0.25, 0.3) is 0 Å². The van der Waals surface area contributed by atoms with Gasteiger partial charge in [-0.2, -0.15) is 0 Å². The van der Waals surface area contributed by atoms with Crippen molar-refractivity contribution in [3.05, 3.63) is 22.3 Å². The van der Waals surface area contributed by atoms with Crippen molar-refractivity contribution >= 4 is 34.9 Å². The molecule has 1 N–H and O–H groups in total. The van der Waals surface area contributed by atoms with Crippen LogP contribution in [0, 0.1) is 0 Å². The second kappa shape index (κ2) is 3.96. The lowest BCUT2D eigenvalue weighted by atomic mass is 10.3. The third kappa shape index (κ3) is 2.07. The third-order valence-electron chi connectivity index (χ3n) is 2.15. The Balaban J connectivity index is 2.34. The molecule has 0 spiro atoms. The highest BCUT2D eigenvalue weighted by Crippen LogP contribution is 2.28. The normalized spacial score (nSPS) is 21.1. The molecule has 0 bridgehead atoms. The van der Waals surface area contributed by atoms with Crippen LogP contribution >= 0.6 is 23.2 Å². The Kier molecular flexibility index (Phi) is 2.82. The zero-order valence-electron chi connectivity index (χ0n) is 7.65. The van der Waals surface area contributed by atoms with Gasteiger partial charge in [0, 0.05) is 6.20 Å². The highest BCUT2D eigenvalue weighted by atomic mass is 35.5. The minimum absolute atomic E-state index is 0.112. The van der Waals surface area contributed by atoms with Crippen LogP contribution in [-0.2, 0) is 4.79 Å². The number of aromatic nitrogens is 1. The van der Waals surface area contributed by atoms with Crippen LogP contribution in [-0.4, -0.2) is 28.6 Å². The van der Waals surface area contributed by atoms with E-state index in [4.69, 9.17) is 23.2 Å². The minimum Gasteiger partial charge on any atom is -0.391 e. The molecule has 2 heterocycles. The van der Waals surface area contributed by atoms with E-state index in [1.165, 1.54) is 17.2 Å². The van der Waals surface area contributed by atoms with E-state index in [-0.39, 0.29) is 18.9 Å². The van der Waals surface area contributed by atoms with Crippen molar-refractivity contribution in [1.29, 1.82) is 0 Å². The average Bonchev–Trinajstić information content (AvgIpc) is 2.45. The van der Waals surface area contributed by atoms with E-state index < -0.39 is 6.10 Å². The van der Waals surface area contributed by atoms with Gasteiger partial charge in [0.25, 0.3) is 0 Å². The van der Waals surface area contributed by atoms with Gasteiger partial charge in [-0.1, -0.05) is 23.2 Å². The molecule has 0 saturated carbocycles. The zero-order chi connectivity index (χ0) is 11.0. The molecule has 1 fully saturated rings. The molecule has 1 amide bonds. The van der Waals surface area contributed by atoms with E-state index in [1.807, 2.05) is 0 Å². The molecule has 1 aliphatic heterocycles. The number of aliphatic hydroxyl groups excluding tert-OH is 1. The summed E-state index contributed by atoms with van der Waals surface area (Å²) >= 11 is 11.6. The summed E-state index contributed by atoms with van der Waals surface area (Å²) < 4.78 is 0. The van der Waals surface area contributed by atoms with Gasteiger partial charge < -0.3 is 5.11 Å². The van der Waals surface area contributed by atoms with Crippen LogP contribution in [0.4, 0.5) is 5.82 Å². The Morgan fingerprint density at radius 3 is 2.80 bits per heavy atom. The Bertz CT molecular complexity index is 411. The maximum atomic E-state index is 11.5. The lowest BCUT2D eigenvalue weighted by Gasteiger charge is -2.15. The highest BCUT2D eigenvalue weighted by Gasteiger charge is 2.31. The summed E-state index contributed by atoms with van der Waals surface area (Å²) in [5.74, 6) is 0.168. The van der Waals surface area contributed by atoms with Crippen molar-refractivity contribution in [3.63, 3.8) is 0 Å². The van der Waals surface area contributed by atoms with Crippen LogP contribution in [0.1, 0.15) is 6.42 Å². The fourth-order valence-electron chi connectivity index (χ4n) is 1.50. The smallest absolute Gasteiger partial charge is 0.230 e. The number of carbonyl (C=O) groups excluding carboxylic acids is 1. The van der Waals surface area contributed by atoms with Gasteiger partial charge in [-0.25, -0.2) is 4.98 Å². The first-order valence-electron chi connectivity index (χ1n) is 4.37. The van der Waals surface area contributed by atoms with Crippen molar-refractivity contribution in [2.24, 2.45) is 0 Å². The van der Waals surface area contributed by atoms with Crippen LogP contribution < -0.4 is 4.90 Å². The lowest BCUT2D eigenvalue weighted by Crippen LogP contribution is -2.26.